The average molecular weight is 458 g/mol. The van der Waals surface area contributed by atoms with Crippen molar-refractivity contribution in [2.24, 2.45) is 5.92 Å². The van der Waals surface area contributed by atoms with Crippen LogP contribution in [0.2, 0.25) is 0 Å². The number of allylic oxidation sites excluding steroid dienone is 2. The van der Waals surface area contributed by atoms with Gasteiger partial charge in [0.1, 0.15) is 5.75 Å². The lowest BCUT2D eigenvalue weighted by Crippen LogP contribution is -2.24. The van der Waals surface area contributed by atoms with Gasteiger partial charge in [0.05, 0.1) is 12.2 Å². The molecule has 0 heterocycles. The number of ether oxygens (including phenoxy) is 1. The van der Waals surface area contributed by atoms with Gasteiger partial charge in [-0.05, 0) is 95.2 Å². The lowest BCUT2D eigenvalue weighted by atomic mass is 9.88. The number of hydrogen-bond donors (Lipinski definition) is 1. The van der Waals surface area contributed by atoms with Crippen molar-refractivity contribution in [3.63, 3.8) is 0 Å². The van der Waals surface area contributed by atoms with E-state index in [2.05, 4.69) is 66.2 Å². The van der Waals surface area contributed by atoms with Crippen LogP contribution in [0.4, 0.5) is 0 Å². The fourth-order valence-corrected chi connectivity index (χ4v) is 4.41. The highest BCUT2D eigenvalue weighted by Gasteiger charge is 2.20. The average Bonchev–Trinajstić information content (AvgIpc) is 2.76. The maximum Gasteiger partial charge on any atom is 0.125 e. The van der Waals surface area contributed by atoms with Crippen LogP contribution in [0.5, 0.6) is 5.75 Å². The van der Waals surface area contributed by atoms with Gasteiger partial charge in [-0.3, -0.25) is 0 Å². The lowest BCUT2D eigenvalue weighted by molar-refractivity contribution is 0.0365. The minimum absolute atomic E-state index is 0.536. The number of aryl methyl sites for hydroxylation is 2. The molecule has 2 unspecified atom stereocenters. The van der Waals surface area contributed by atoms with Crippen molar-refractivity contribution in [2.75, 3.05) is 6.61 Å². The Balaban J connectivity index is 2.40. The molecule has 0 bridgehead atoms. The third kappa shape index (κ3) is 12.7. The molecular weight excluding hydrogens is 404 g/mol. The molecule has 1 aromatic rings. The van der Waals surface area contributed by atoms with Crippen LogP contribution in [0.1, 0.15) is 122 Å². The molecule has 2 heteroatoms. The fraction of sp³-hybridized carbons (Fsp3) is 0.710. The van der Waals surface area contributed by atoms with Gasteiger partial charge in [-0.25, -0.2) is 0 Å². The highest BCUT2D eigenvalue weighted by molar-refractivity contribution is 5.45. The first kappa shape index (κ1) is 29.8. The minimum atomic E-state index is -0.536. The smallest absolute Gasteiger partial charge is 0.125 e. The SMILES string of the molecule is C[CH-]CC/C=C(\C)CCCC(C)(O)CCCC(C)CCc1ccc(C)c(C)c1OCCCC. The Bertz CT molecular complexity index is 686. The topological polar surface area (TPSA) is 29.5 Å². The van der Waals surface area contributed by atoms with Gasteiger partial charge < -0.3 is 16.3 Å². The molecule has 2 atom stereocenters. The molecule has 33 heavy (non-hydrogen) atoms. The van der Waals surface area contributed by atoms with Crippen LogP contribution in [0, 0.1) is 26.2 Å². The van der Waals surface area contributed by atoms with Crippen LogP contribution in [0.25, 0.3) is 0 Å². The largest absolute Gasteiger partial charge is 0.493 e. The maximum absolute atomic E-state index is 10.8. The predicted molar refractivity (Wildman–Crippen MR) is 145 cm³/mol. The third-order valence-corrected chi connectivity index (χ3v) is 7.06. The van der Waals surface area contributed by atoms with E-state index in [1.54, 1.807) is 0 Å². The van der Waals surface area contributed by atoms with Crippen molar-refractivity contribution >= 4 is 0 Å². The molecule has 0 aromatic heterocycles. The van der Waals surface area contributed by atoms with Crippen molar-refractivity contribution in [1.82, 2.24) is 0 Å². The molecule has 0 fully saturated rings. The Morgan fingerprint density at radius 2 is 1.88 bits per heavy atom. The van der Waals surface area contributed by atoms with Crippen molar-refractivity contribution in [2.45, 2.75) is 131 Å². The molecule has 1 rings (SSSR count). The van der Waals surface area contributed by atoms with Crippen molar-refractivity contribution in [3.8, 4) is 5.75 Å². The second kappa shape index (κ2) is 16.4. The first-order chi connectivity index (χ1) is 15.7. The summed E-state index contributed by atoms with van der Waals surface area (Å²) in [6.07, 6.45) is 17.7. The summed E-state index contributed by atoms with van der Waals surface area (Å²) >= 11 is 0. The first-order valence-corrected chi connectivity index (χ1v) is 13.6. The highest BCUT2D eigenvalue weighted by atomic mass is 16.5. The quantitative estimate of drug-likeness (QED) is 0.135. The standard InChI is InChI=1S/C31H53O2/c1-8-10-12-15-25(3)16-13-22-31(7,32)23-14-17-26(4)18-20-29-21-19-27(5)28(6)30(29)33-24-11-9-2/h8,15,19,21,26,32H,9-14,16-18,20,22-24H2,1-7H3/q-1/b25-15+. The molecule has 0 aliphatic carbocycles. The van der Waals surface area contributed by atoms with Crippen LogP contribution in [-0.4, -0.2) is 17.3 Å². The van der Waals surface area contributed by atoms with Gasteiger partial charge in [0.15, 0.2) is 0 Å². The zero-order valence-corrected chi connectivity index (χ0v) is 22.9. The second-order valence-electron chi connectivity index (χ2n) is 10.6. The minimum Gasteiger partial charge on any atom is -0.493 e. The van der Waals surface area contributed by atoms with E-state index in [9.17, 15) is 5.11 Å². The number of aliphatic hydroxyl groups is 1. The van der Waals surface area contributed by atoms with Gasteiger partial charge in [0.2, 0.25) is 0 Å². The zero-order chi connectivity index (χ0) is 24.7. The Kier molecular flexibility index (Phi) is 14.8. The fourth-order valence-electron chi connectivity index (χ4n) is 4.41. The van der Waals surface area contributed by atoms with Gasteiger partial charge in [-0.15, -0.1) is 0 Å². The van der Waals surface area contributed by atoms with E-state index in [4.69, 9.17) is 4.74 Å². The summed E-state index contributed by atoms with van der Waals surface area (Å²) in [5.74, 6) is 1.78. The predicted octanol–water partition coefficient (Wildman–Crippen LogP) is 9.09. The lowest BCUT2D eigenvalue weighted by Gasteiger charge is -2.24. The molecule has 0 saturated carbocycles. The monoisotopic (exact) mass is 457 g/mol. The number of rotatable bonds is 18. The van der Waals surface area contributed by atoms with Gasteiger partial charge in [0, 0.05) is 0 Å². The summed E-state index contributed by atoms with van der Waals surface area (Å²) in [6, 6.07) is 4.50. The molecule has 1 N–H and O–H groups in total. The molecule has 1 aromatic carbocycles. The van der Waals surface area contributed by atoms with E-state index in [1.165, 1.54) is 35.1 Å². The molecule has 0 aliphatic rings. The third-order valence-electron chi connectivity index (χ3n) is 7.06. The highest BCUT2D eigenvalue weighted by Crippen LogP contribution is 2.30. The summed E-state index contributed by atoms with van der Waals surface area (Å²) < 4.78 is 6.19. The number of hydrogen-bond acceptors (Lipinski definition) is 2. The van der Waals surface area contributed by atoms with Gasteiger partial charge in [-0.2, -0.15) is 13.3 Å². The van der Waals surface area contributed by atoms with Crippen molar-refractivity contribution < 1.29 is 9.84 Å². The van der Waals surface area contributed by atoms with Crippen LogP contribution < -0.4 is 4.74 Å². The van der Waals surface area contributed by atoms with Gasteiger partial charge in [-0.1, -0.05) is 63.3 Å². The molecule has 0 saturated heterocycles. The van der Waals surface area contributed by atoms with Crippen LogP contribution in [0.3, 0.4) is 0 Å². The van der Waals surface area contributed by atoms with Gasteiger partial charge >= 0.3 is 0 Å². The molecule has 0 aliphatic heterocycles. The normalized spacial score (nSPS) is 14.8. The Hall–Kier alpha value is -1.28. The zero-order valence-electron chi connectivity index (χ0n) is 22.9. The second-order valence-corrected chi connectivity index (χ2v) is 10.6. The first-order valence-electron chi connectivity index (χ1n) is 13.6. The molecule has 0 amide bonds. The molecule has 2 nitrogen and oxygen atoms in total. The number of unbranched alkanes of at least 4 members (excludes halogenated alkanes) is 3. The molecule has 0 spiro atoms. The number of benzene rings is 1. The Morgan fingerprint density at radius 3 is 2.58 bits per heavy atom. The van der Waals surface area contributed by atoms with E-state index in [-0.39, 0.29) is 0 Å². The molecular formula is C31H53O2-. The summed E-state index contributed by atoms with van der Waals surface area (Å²) in [6.45, 7) is 16.1. The Labute approximate surface area is 206 Å². The molecule has 0 radical (unpaired) electrons. The van der Waals surface area contributed by atoms with E-state index >= 15 is 0 Å². The van der Waals surface area contributed by atoms with Gasteiger partial charge in [0.25, 0.3) is 0 Å². The van der Waals surface area contributed by atoms with E-state index in [1.807, 2.05) is 6.92 Å². The summed E-state index contributed by atoms with van der Waals surface area (Å²) in [4.78, 5) is 0. The maximum atomic E-state index is 10.8. The van der Waals surface area contributed by atoms with Crippen molar-refractivity contribution in [3.05, 3.63) is 46.9 Å². The molecule has 190 valence electrons. The van der Waals surface area contributed by atoms with E-state index < -0.39 is 5.60 Å². The summed E-state index contributed by atoms with van der Waals surface area (Å²) in [7, 11) is 0. The van der Waals surface area contributed by atoms with Crippen LogP contribution >= 0.6 is 0 Å². The van der Waals surface area contributed by atoms with Crippen LogP contribution in [0.15, 0.2) is 23.8 Å². The van der Waals surface area contributed by atoms with Crippen LogP contribution in [-0.2, 0) is 6.42 Å². The Morgan fingerprint density at radius 1 is 1.15 bits per heavy atom. The summed E-state index contributed by atoms with van der Waals surface area (Å²) in [5.41, 5.74) is 4.89. The van der Waals surface area contributed by atoms with E-state index in [0.29, 0.717) is 5.92 Å². The summed E-state index contributed by atoms with van der Waals surface area (Å²) in [5, 5.41) is 10.8. The van der Waals surface area contributed by atoms with E-state index in [0.717, 1.165) is 76.6 Å². The van der Waals surface area contributed by atoms with Crippen molar-refractivity contribution in [1.29, 1.82) is 0 Å².